The average Bonchev–Trinajstić information content (AvgIpc) is 2.34. The molecule has 1 aliphatic heterocycles. The van der Waals surface area contributed by atoms with Crippen LogP contribution in [0.1, 0.15) is 20.3 Å². The van der Waals surface area contributed by atoms with E-state index in [1.54, 1.807) is 14.0 Å². The zero-order valence-electron chi connectivity index (χ0n) is 8.19. The van der Waals surface area contributed by atoms with Crippen molar-refractivity contribution < 1.29 is 19.4 Å². The lowest BCUT2D eigenvalue weighted by Crippen LogP contribution is -2.32. The summed E-state index contributed by atoms with van der Waals surface area (Å²) in [7, 11) is 1.58. The molecule has 0 aromatic heterocycles. The summed E-state index contributed by atoms with van der Waals surface area (Å²) in [5.74, 6) is -0.851. The molecule has 4 heteroatoms. The molecular weight excluding hydrogens is 172 g/mol. The smallest absolute Gasteiger partial charge is 0.311 e. The van der Waals surface area contributed by atoms with Crippen molar-refractivity contribution in [2.24, 2.45) is 11.8 Å². The van der Waals surface area contributed by atoms with Crippen molar-refractivity contribution in [2.45, 2.75) is 32.7 Å². The van der Waals surface area contributed by atoms with Gasteiger partial charge in [0.15, 0.2) is 0 Å². The number of rotatable bonds is 3. The zero-order valence-corrected chi connectivity index (χ0v) is 8.19. The number of cyclic esters (lactones) is 1. The van der Waals surface area contributed by atoms with Crippen LogP contribution in [0, 0.1) is 11.8 Å². The Morgan fingerprint density at radius 1 is 1.69 bits per heavy atom. The Hall–Kier alpha value is -0.610. The van der Waals surface area contributed by atoms with Crippen LogP contribution in [-0.2, 0) is 14.3 Å². The van der Waals surface area contributed by atoms with Gasteiger partial charge in [-0.05, 0) is 6.42 Å². The second-order valence-electron chi connectivity index (χ2n) is 3.38. The van der Waals surface area contributed by atoms with Crippen molar-refractivity contribution in [3.63, 3.8) is 0 Å². The molecule has 0 spiro atoms. The van der Waals surface area contributed by atoms with E-state index >= 15 is 0 Å². The first-order valence-electron chi connectivity index (χ1n) is 4.53. The first-order valence-corrected chi connectivity index (χ1v) is 4.53. The molecule has 0 saturated carbocycles. The molecule has 0 bridgehead atoms. The molecule has 1 rings (SSSR count). The predicted molar refractivity (Wildman–Crippen MR) is 45.8 cm³/mol. The van der Waals surface area contributed by atoms with Crippen molar-refractivity contribution >= 4 is 5.97 Å². The summed E-state index contributed by atoms with van der Waals surface area (Å²) in [6, 6.07) is 0. The first-order chi connectivity index (χ1) is 6.11. The molecule has 76 valence electrons. The highest BCUT2D eigenvalue weighted by atomic mass is 16.6. The molecule has 0 aromatic carbocycles. The summed E-state index contributed by atoms with van der Waals surface area (Å²) in [6.07, 6.45) is -0.358. The van der Waals surface area contributed by atoms with Crippen LogP contribution in [0.2, 0.25) is 0 Å². The van der Waals surface area contributed by atoms with Crippen LogP contribution in [0.3, 0.4) is 0 Å². The van der Waals surface area contributed by atoms with Gasteiger partial charge in [-0.2, -0.15) is 0 Å². The molecule has 4 nitrogen and oxygen atoms in total. The topological polar surface area (TPSA) is 55.8 Å². The summed E-state index contributed by atoms with van der Waals surface area (Å²) in [4.78, 5) is 11.1. The van der Waals surface area contributed by atoms with Crippen LogP contribution in [0.5, 0.6) is 0 Å². The third-order valence-electron chi connectivity index (χ3n) is 2.65. The summed E-state index contributed by atoms with van der Waals surface area (Å²) >= 11 is 0. The molecule has 1 saturated heterocycles. The minimum absolute atomic E-state index is 0.114. The molecule has 1 heterocycles. The van der Waals surface area contributed by atoms with Crippen LogP contribution in [-0.4, -0.2) is 30.6 Å². The SMILES string of the molecule is CCC(OC)C1C(O)OC(=O)C1C. The summed E-state index contributed by atoms with van der Waals surface area (Å²) in [5, 5.41) is 9.44. The standard InChI is InChI=1S/C9H16O4/c1-4-6(12-3)7-5(2)8(10)13-9(7)11/h5-7,9,11H,4H2,1-3H3. The normalized spacial score (nSPS) is 36.0. The maximum Gasteiger partial charge on any atom is 0.311 e. The van der Waals surface area contributed by atoms with E-state index in [2.05, 4.69) is 0 Å². The minimum Gasteiger partial charge on any atom is -0.435 e. The number of aliphatic hydroxyl groups excluding tert-OH is 1. The van der Waals surface area contributed by atoms with Crippen molar-refractivity contribution in [1.82, 2.24) is 0 Å². The molecule has 4 atom stereocenters. The third-order valence-corrected chi connectivity index (χ3v) is 2.65. The fourth-order valence-electron chi connectivity index (χ4n) is 1.81. The third kappa shape index (κ3) is 1.84. The van der Waals surface area contributed by atoms with Crippen LogP contribution in [0.4, 0.5) is 0 Å². The van der Waals surface area contributed by atoms with Gasteiger partial charge in [0.2, 0.25) is 6.29 Å². The highest BCUT2D eigenvalue weighted by Gasteiger charge is 2.44. The van der Waals surface area contributed by atoms with Crippen molar-refractivity contribution in [2.75, 3.05) is 7.11 Å². The Kier molecular flexibility index (Phi) is 3.27. The fourth-order valence-corrected chi connectivity index (χ4v) is 1.81. The van der Waals surface area contributed by atoms with E-state index in [1.165, 1.54) is 0 Å². The van der Waals surface area contributed by atoms with Crippen molar-refractivity contribution in [3.05, 3.63) is 0 Å². The lowest BCUT2D eigenvalue weighted by Gasteiger charge is -2.23. The second-order valence-corrected chi connectivity index (χ2v) is 3.38. The molecule has 1 fully saturated rings. The van der Waals surface area contributed by atoms with Gasteiger partial charge in [-0.1, -0.05) is 13.8 Å². The Morgan fingerprint density at radius 2 is 2.31 bits per heavy atom. The molecule has 4 unspecified atom stereocenters. The van der Waals surface area contributed by atoms with Gasteiger partial charge in [-0.15, -0.1) is 0 Å². The molecule has 0 aromatic rings. The molecule has 0 amide bonds. The van der Waals surface area contributed by atoms with Crippen molar-refractivity contribution in [1.29, 1.82) is 0 Å². The zero-order chi connectivity index (χ0) is 10.0. The predicted octanol–water partition coefficient (Wildman–Crippen LogP) is 0.539. The van der Waals surface area contributed by atoms with Gasteiger partial charge in [-0.25, -0.2) is 0 Å². The second kappa shape index (κ2) is 4.07. The molecule has 1 N–H and O–H groups in total. The van der Waals surface area contributed by atoms with E-state index in [0.29, 0.717) is 0 Å². The maximum atomic E-state index is 11.1. The summed E-state index contributed by atoms with van der Waals surface area (Å²) < 4.78 is 9.89. The number of methoxy groups -OCH3 is 1. The molecule has 1 aliphatic rings. The molecule has 0 radical (unpaired) electrons. The fraction of sp³-hybridized carbons (Fsp3) is 0.889. The van der Waals surface area contributed by atoms with E-state index in [9.17, 15) is 9.90 Å². The first kappa shape index (κ1) is 10.5. The van der Waals surface area contributed by atoms with Crippen LogP contribution in [0.25, 0.3) is 0 Å². The van der Waals surface area contributed by atoms with E-state index < -0.39 is 6.29 Å². The lowest BCUT2D eigenvalue weighted by molar-refractivity contribution is -0.159. The molecule has 13 heavy (non-hydrogen) atoms. The molecule has 0 aliphatic carbocycles. The van der Waals surface area contributed by atoms with E-state index in [4.69, 9.17) is 9.47 Å². The monoisotopic (exact) mass is 188 g/mol. The van der Waals surface area contributed by atoms with Gasteiger partial charge in [-0.3, -0.25) is 4.79 Å². The lowest BCUT2D eigenvalue weighted by atomic mass is 9.89. The van der Waals surface area contributed by atoms with E-state index in [0.717, 1.165) is 6.42 Å². The van der Waals surface area contributed by atoms with Gasteiger partial charge in [0.25, 0.3) is 0 Å². The van der Waals surface area contributed by atoms with E-state index in [1.807, 2.05) is 6.92 Å². The van der Waals surface area contributed by atoms with E-state index in [-0.39, 0.29) is 23.9 Å². The Morgan fingerprint density at radius 3 is 2.62 bits per heavy atom. The number of esters is 1. The minimum atomic E-state index is -1.01. The Balaban J connectivity index is 2.71. The largest absolute Gasteiger partial charge is 0.435 e. The van der Waals surface area contributed by atoms with Gasteiger partial charge < -0.3 is 14.6 Å². The van der Waals surface area contributed by atoms with Gasteiger partial charge >= 0.3 is 5.97 Å². The van der Waals surface area contributed by atoms with Crippen LogP contribution in [0.15, 0.2) is 0 Å². The van der Waals surface area contributed by atoms with Crippen LogP contribution < -0.4 is 0 Å². The van der Waals surface area contributed by atoms with Gasteiger partial charge in [0.1, 0.15) is 0 Å². The average molecular weight is 188 g/mol. The summed E-state index contributed by atoms with van der Waals surface area (Å²) in [6.45, 7) is 3.71. The van der Waals surface area contributed by atoms with Crippen molar-refractivity contribution in [3.8, 4) is 0 Å². The number of hydrogen-bond acceptors (Lipinski definition) is 4. The highest BCUT2D eigenvalue weighted by Crippen LogP contribution is 2.31. The maximum absolute atomic E-state index is 11.1. The Labute approximate surface area is 77.8 Å². The number of ether oxygens (including phenoxy) is 2. The number of carbonyl (C=O) groups excluding carboxylic acids is 1. The number of aliphatic hydroxyl groups is 1. The quantitative estimate of drug-likeness (QED) is 0.657. The van der Waals surface area contributed by atoms with Crippen LogP contribution >= 0.6 is 0 Å². The Bertz CT molecular complexity index is 188. The number of carbonyl (C=O) groups is 1. The highest BCUT2D eigenvalue weighted by molar-refractivity contribution is 5.74. The number of hydrogen-bond donors (Lipinski definition) is 1. The summed E-state index contributed by atoms with van der Waals surface area (Å²) in [5.41, 5.74) is 0. The van der Waals surface area contributed by atoms with Gasteiger partial charge in [0, 0.05) is 7.11 Å². The van der Waals surface area contributed by atoms with Gasteiger partial charge in [0.05, 0.1) is 17.9 Å². The molecular formula is C9H16O4.